The second-order valence-corrected chi connectivity index (χ2v) is 5.87. The van der Waals surface area contributed by atoms with E-state index >= 15 is 0 Å². The summed E-state index contributed by atoms with van der Waals surface area (Å²) in [5.41, 5.74) is 0. The van der Waals surface area contributed by atoms with Gasteiger partial charge in [-0.25, -0.2) is 17.2 Å². The third-order valence-corrected chi connectivity index (χ3v) is 4.14. The Hall–Kier alpha value is 0.0400. The lowest BCUT2D eigenvalue weighted by Gasteiger charge is -2.01. The molecule has 1 heterocycles. The van der Waals surface area contributed by atoms with Gasteiger partial charge in [-0.2, -0.15) is 5.10 Å². The van der Waals surface area contributed by atoms with Crippen LogP contribution in [0, 0.1) is 3.70 Å². The molecule has 0 fully saturated rings. The Bertz CT molecular complexity index is 433. The van der Waals surface area contributed by atoms with E-state index in [9.17, 15) is 17.2 Å². The summed E-state index contributed by atoms with van der Waals surface area (Å²) in [6.45, 7) is -0.648. The van der Waals surface area contributed by atoms with Crippen LogP contribution in [0.4, 0.5) is 8.78 Å². The van der Waals surface area contributed by atoms with Crippen molar-refractivity contribution >= 4 is 42.3 Å². The Balaban J connectivity index is 3.09. The highest BCUT2D eigenvalue weighted by molar-refractivity contribution is 14.1. The Morgan fingerprint density at radius 2 is 2.21 bits per heavy atom. The number of alkyl halides is 2. The van der Waals surface area contributed by atoms with Crippen molar-refractivity contribution in [2.75, 3.05) is 0 Å². The van der Waals surface area contributed by atoms with E-state index in [0.717, 1.165) is 10.9 Å². The van der Waals surface area contributed by atoms with Crippen molar-refractivity contribution in [1.29, 1.82) is 0 Å². The molecule has 0 aromatic carbocycles. The van der Waals surface area contributed by atoms with Crippen molar-refractivity contribution in [3.05, 3.63) is 9.90 Å². The summed E-state index contributed by atoms with van der Waals surface area (Å²) in [6, 6.07) is 0. The van der Waals surface area contributed by atoms with Gasteiger partial charge in [0.25, 0.3) is 15.5 Å². The molecule has 0 saturated heterocycles. The Labute approximate surface area is 96.8 Å². The Morgan fingerprint density at radius 1 is 1.64 bits per heavy atom. The topological polar surface area (TPSA) is 52.0 Å². The average molecular weight is 357 g/mol. The van der Waals surface area contributed by atoms with Crippen LogP contribution in [0.5, 0.6) is 0 Å². The second kappa shape index (κ2) is 4.27. The van der Waals surface area contributed by atoms with Crippen LogP contribution in [0.25, 0.3) is 0 Å². The van der Waals surface area contributed by atoms with Crippen LogP contribution in [-0.2, 0) is 15.6 Å². The monoisotopic (exact) mass is 356 g/mol. The molecule has 0 aliphatic carbocycles. The molecule has 1 aromatic heterocycles. The van der Waals surface area contributed by atoms with E-state index in [4.69, 9.17) is 10.7 Å². The summed E-state index contributed by atoms with van der Waals surface area (Å²) < 4.78 is 46.6. The maximum Gasteiger partial charge on any atom is 0.265 e. The first-order valence-electron chi connectivity index (χ1n) is 3.26. The molecular formula is C5H4ClF2IN2O2S. The average Bonchev–Trinajstić information content (AvgIpc) is 2.30. The van der Waals surface area contributed by atoms with Crippen LogP contribution >= 0.6 is 33.3 Å². The minimum Gasteiger partial charge on any atom is -0.252 e. The third kappa shape index (κ3) is 2.76. The van der Waals surface area contributed by atoms with Crippen molar-refractivity contribution in [1.82, 2.24) is 9.78 Å². The molecule has 0 atom stereocenters. The number of aromatic nitrogens is 2. The van der Waals surface area contributed by atoms with Gasteiger partial charge in [0.15, 0.2) is 0 Å². The highest BCUT2D eigenvalue weighted by Gasteiger charge is 2.20. The predicted molar refractivity (Wildman–Crippen MR) is 54.0 cm³/mol. The summed E-state index contributed by atoms with van der Waals surface area (Å²) in [5, 5.41) is 3.49. The van der Waals surface area contributed by atoms with Gasteiger partial charge in [-0.15, -0.1) is 0 Å². The molecule has 0 unspecified atom stereocenters. The van der Waals surface area contributed by atoms with E-state index in [0.29, 0.717) is 0 Å². The third-order valence-electron chi connectivity index (χ3n) is 1.32. The lowest BCUT2D eigenvalue weighted by atomic mass is 10.7. The molecule has 9 heteroatoms. The molecule has 0 aliphatic heterocycles. The van der Waals surface area contributed by atoms with Crippen molar-refractivity contribution in [3.63, 3.8) is 0 Å². The smallest absolute Gasteiger partial charge is 0.252 e. The van der Waals surface area contributed by atoms with Crippen LogP contribution in [0.2, 0.25) is 0 Å². The van der Waals surface area contributed by atoms with Gasteiger partial charge in [0.1, 0.15) is 15.1 Å². The molecule has 0 radical (unpaired) electrons. The van der Waals surface area contributed by atoms with Crippen LogP contribution in [-0.4, -0.2) is 24.6 Å². The minimum absolute atomic E-state index is 0.0814. The molecule has 1 rings (SSSR count). The van der Waals surface area contributed by atoms with E-state index in [1.165, 1.54) is 0 Å². The molecule has 1 aromatic rings. The zero-order chi connectivity index (χ0) is 10.9. The fourth-order valence-electron chi connectivity index (χ4n) is 0.775. The number of rotatable bonds is 3. The minimum atomic E-state index is -3.91. The number of hydrogen-bond acceptors (Lipinski definition) is 3. The van der Waals surface area contributed by atoms with Crippen molar-refractivity contribution < 1.29 is 17.2 Å². The highest BCUT2D eigenvalue weighted by atomic mass is 127. The molecule has 0 bridgehead atoms. The van der Waals surface area contributed by atoms with Gasteiger partial charge in [-0.1, -0.05) is 0 Å². The fraction of sp³-hybridized carbons (Fsp3) is 0.400. The standard InChI is InChI=1S/C5H4ClF2IN2O2S/c6-14(12,13)3-1-10-11(5(3)9)2-4(7)8/h1,4H,2H2. The van der Waals surface area contributed by atoms with Gasteiger partial charge in [0, 0.05) is 10.7 Å². The maximum absolute atomic E-state index is 12.0. The summed E-state index contributed by atoms with van der Waals surface area (Å²) >= 11 is 1.60. The zero-order valence-electron chi connectivity index (χ0n) is 6.49. The van der Waals surface area contributed by atoms with E-state index in [1.807, 2.05) is 0 Å². The molecule has 14 heavy (non-hydrogen) atoms. The van der Waals surface area contributed by atoms with E-state index in [-0.39, 0.29) is 8.60 Å². The van der Waals surface area contributed by atoms with E-state index in [2.05, 4.69) is 5.10 Å². The molecule has 80 valence electrons. The summed E-state index contributed by atoms with van der Waals surface area (Å²) in [5.74, 6) is 0. The van der Waals surface area contributed by atoms with Gasteiger partial charge in [0.05, 0.1) is 6.20 Å². The molecule has 0 spiro atoms. The number of nitrogens with zero attached hydrogens (tertiary/aromatic N) is 2. The van der Waals surface area contributed by atoms with Crippen LogP contribution in [0.3, 0.4) is 0 Å². The molecule has 0 amide bonds. The molecule has 0 N–H and O–H groups in total. The zero-order valence-corrected chi connectivity index (χ0v) is 10.2. The summed E-state index contributed by atoms with van der Waals surface area (Å²) in [6.07, 6.45) is -1.64. The van der Waals surface area contributed by atoms with E-state index in [1.54, 1.807) is 22.6 Å². The van der Waals surface area contributed by atoms with Crippen molar-refractivity contribution in [3.8, 4) is 0 Å². The molecular weight excluding hydrogens is 352 g/mol. The first-order chi connectivity index (χ1) is 6.32. The van der Waals surface area contributed by atoms with E-state index < -0.39 is 22.0 Å². The van der Waals surface area contributed by atoms with Crippen LogP contribution in [0.15, 0.2) is 11.1 Å². The highest BCUT2D eigenvalue weighted by Crippen LogP contribution is 2.21. The first-order valence-corrected chi connectivity index (χ1v) is 6.65. The lowest BCUT2D eigenvalue weighted by molar-refractivity contribution is 0.120. The summed E-state index contributed by atoms with van der Waals surface area (Å²) in [4.78, 5) is -0.250. The Kier molecular flexibility index (Phi) is 3.69. The van der Waals surface area contributed by atoms with Gasteiger partial charge < -0.3 is 0 Å². The molecule has 4 nitrogen and oxygen atoms in total. The molecule has 0 saturated carbocycles. The number of hydrogen-bond donors (Lipinski definition) is 0. The predicted octanol–water partition coefficient (Wildman–Crippen LogP) is 1.68. The number of halogens is 4. The Morgan fingerprint density at radius 3 is 2.57 bits per heavy atom. The van der Waals surface area contributed by atoms with Gasteiger partial charge in [-0.05, 0) is 22.6 Å². The SMILES string of the molecule is O=S(=O)(Cl)c1cnn(CC(F)F)c1I. The normalized spacial score (nSPS) is 12.4. The first kappa shape index (κ1) is 12.1. The quantitative estimate of drug-likeness (QED) is 0.612. The van der Waals surface area contributed by atoms with Crippen molar-refractivity contribution in [2.45, 2.75) is 17.9 Å². The lowest BCUT2D eigenvalue weighted by Crippen LogP contribution is -2.10. The second-order valence-electron chi connectivity index (χ2n) is 2.31. The largest absolute Gasteiger partial charge is 0.265 e. The van der Waals surface area contributed by atoms with Gasteiger partial charge >= 0.3 is 0 Å². The van der Waals surface area contributed by atoms with Crippen LogP contribution in [0.1, 0.15) is 0 Å². The van der Waals surface area contributed by atoms with Gasteiger partial charge in [-0.3, -0.25) is 4.68 Å². The fourth-order valence-corrected chi connectivity index (χ4v) is 3.31. The van der Waals surface area contributed by atoms with Crippen molar-refractivity contribution in [2.24, 2.45) is 0 Å². The summed E-state index contributed by atoms with van der Waals surface area (Å²) in [7, 11) is 1.13. The van der Waals surface area contributed by atoms with Gasteiger partial charge in [0.2, 0.25) is 0 Å². The maximum atomic E-state index is 12.0. The van der Waals surface area contributed by atoms with Crippen LogP contribution < -0.4 is 0 Å². The molecule has 0 aliphatic rings.